The van der Waals surface area contributed by atoms with Gasteiger partial charge in [0.2, 0.25) is 0 Å². The summed E-state index contributed by atoms with van der Waals surface area (Å²) in [6, 6.07) is 8.80. The zero-order chi connectivity index (χ0) is 14.1. The number of benzene rings is 1. The second-order valence-corrected chi connectivity index (χ2v) is 4.61. The third-order valence-corrected chi connectivity index (χ3v) is 3.48. The third kappa shape index (κ3) is 1.97. The molecule has 5 heteroatoms. The number of methoxy groups -OCH3 is 1. The Labute approximate surface area is 115 Å². The molecule has 0 bridgehead atoms. The number of fused-ring (bicyclic) bond motifs is 1. The van der Waals surface area contributed by atoms with Crippen molar-refractivity contribution in [2.24, 2.45) is 0 Å². The fraction of sp³-hybridized carbons (Fsp3) is 0.200. The monoisotopic (exact) mass is 270 g/mol. The molecule has 2 aromatic rings. The van der Waals surface area contributed by atoms with E-state index in [1.54, 1.807) is 24.1 Å². The number of H-pyrrole nitrogens is 1. The van der Waals surface area contributed by atoms with Crippen LogP contribution in [-0.4, -0.2) is 24.5 Å². The Balaban J connectivity index is 1.97. The molecule has 0 saturated carbocycles. The number of aromatic nitrogens is 1. The Morgan fingerprint density at radius 2 is 2.20 bits per heavy atom. The molecule has 5 nitrogen and oxygen atoms in total. The number of pyridine rings is 1. The first-order chi connectivity index (χ1) is 9.70. The van der Waals surface area contributed by atoms with Crippen LogP contribution in [0.4, 0.5) is 5.69 Å². The zero-order valence-corrected chi connectivity index (χ0v) is 11.1. The van der Waals surface area contributed by atoms with Crippen LogP contribution < -0.4 is 15.2 Å². The molecule has 3 rings (SSSR count). The molecule has 1 aromatic heterocycles. The third-order valence-electron chi connectivity index (χ3n) is 3.48. The minimum absolute atomic E-state index is 0.163. The van der Waals surface area contributed by atoms with Crippen LogP contribution in [-0.2, 0) is 6.42 Å². The predicted octanol–water partition coefficient (Wildman–Crippen LogP) is 1.59. The fourth-order valence-corrected chi connectivity index (χ4v) is 2.45. The van der Waals surface area contributed by atoms with E-state index in [2.05, 4.69) is 4.98 Å². The van der Waals surface area contributed by atoms with Crippen LogP contribution in [0.2, 0.25) is 0 Å². The van der Waals surface area contributed by atoms with E-state index in [9.17, 15) is 9.59 Å². The van der Waals surface area contributed by atoms with Crippen LogP contribution >= 0.6 is 0 Å². The average molecular weight is 270 g/mol. The van der Waals surface area contributed by atoms with Gasteiger partial charge in [-0.25, -0.2) is 0 Å². The first-order valence-electron chi connectivity index (χ1n) is 6.37. The number of anilines is 1. The molecular formula is C15H14N2O3. The van der Waals surface area contributed by atoms with Crippen molar-refractivity contribution < 1.29 is 9.53 Å². The normalized spacial score (nSPS) is 13.2. The highest BCUT2D eigenvalue weighted by Crippen LogP contribution is 2.31. The molecule has 0 unspecified atom stereocenters. The molecule has 0 fully saturated rings. The van der Waals surface area contributed by atoms with Gasteiger partial charge in [0, 0.05) is 18.4 Å². The van der Waals surface area contributed by atoms with Crippen molar-refractivity contribution in [2.45, 2.75) is 6.42 Å². The predicted molar refractivity (Wildman–Crippen MR) is 75.4 cm³/mol. The molecule has 102 valence electrons. The Hall–Kier alpha value is -2.56. The highest BCUT2D eigenvalue weighted by atomic mass is 16.5. The van der Waals surface area contributed by atoms with Gasteiger partial charge in [0.05, 0.1) is 7.11 Å². The van der Waals surface area contributed by atoms with Crippen molar-refractivity contribution in [3.63, 3.8) is 0 Å². The Morgan fingerprint density at radius 1 is 1.35 bits per heavy atom. The maximum atomic E-state index is 12.5. The molecular weight excluding hydrogens is 256 g/mol. The standard InChI is InChI=1S/C15H14N2O3/c1-20-11-4-5-13-10(9-11)6-8-17(13)15(19)12-3-2-7-16-14(12)18/h2-5,7,9H,6,8H2,1H3,(H,16,18). The van der Waals surface area contributed by atoms with E-state index >= 15 is 0 Å². The molecule has 0 aliphatic carbocycles. The molecule has 0 spiro atoms. The number of hydrogen-bond donors (Lipinski definition) is 1. The van der Waals surface area contributed by atoms with Gasteiger partial charge in [-0.15, -0.1) is 0 Å². The van der Waals surface area contributed by atoms with Crippen LogP contribution in [0.1, 0.15) is 15.9 Å². The number of amides is 1. The zero-order valence-electron chi connectivity index (χ0n) is 11.1. The molecule has 1 N–H and O–H groups in total. The van der Waals surface area contributed by atoms with Gasteiger partial charge in [-0.2, -0.15) is 0 Å². The molecule has 0 saturated heterocycles. The van der Waals surface area contributed by atoms with Gasteiger partial charge in [0.25, 0.3) is 11.5 Å². The van der Waals surface area contributed by atoms with E-state index in [-0.39, 0.29) is 17.0 Å². The van der Waals surface area contributed by atoms with E-state index in [1.165, 1.54) is 6.20 Å². The first kappa shape index (κ1) is 12.5. The topological polar surface area (TPSA) is 62.4 Å². The Kier molecular flexibility index (Phi) is 3.02. The number of ether oxygens (including phenoxy) is 1. The van der Waals surface area contributed by atoms with Crippen LogP contribution in [0.15, 0.2) is 41.3 Å². The second kappa shape index (κ2) is 4.85. The van der Waals surface area contributed by atoms with Gasteiger partial charge >= 0.3 is 0 Å². The minimum atomic E-state index is -0.362. The summed E-state index contributed by atoms with van der Waals surface area (Å²) < 4.78 is 5.18. The number of nitrogens with zero attached hydrogens (tertiary/aromatic N) is 1. The molecule has 0 atom stereocenters. The SMILES string of the molecule is COc1ccc2c(c1)CCN2C(=O)c1ccc[nH]c1=O. The second-order valence-electron chi connectivity index (χ2n) is 4.61. The van der Waals surface area contributed by atoms with Crippen LogP contribution in [0.5, 0.6) is 5.75 Å². The van der Waals surface area contributed by atoms with Gasteiger partial charge in [-0.1, -0.05) is 0 Å². The van der Waals surface area contributed by atoms with Crippen molar-refractivity contribution in [3.05, 3.63) is 58.0 Å². The number of carbonyl (C=O) groups excluding carboxylic acids is 1. The van der Waals surface area contributed by atoms with E-state index in [0.29, 0.717) is 6.54 Å². The van der Waals surface area contributed by atoms with Crippen molar-refractivity contribution >= 4 is 11.6 Å². The summed E-state index contributed by atoms with van der Waals surface area (Å²) in [6.07, 6.45) is 2.28. The van der Waals surface area contributed by atoms with Gasteiger partial charge < -0.3 is 14.6 Å². The van der Waals surface area contributed by atoms with Crippen molar-refractivity contribution in [2.75, 3.05) is 18.6 Å². The molecule has 1 aromatic carbocycles. The number of hydrogen-bond acceptors (Lipinski definition) is 3. The van der Waals surface area contributed by atoms with Crippen molar-refractivity contribution in [1.29, 1.82) is 0 Å². The molecule has 2 heterocycles. The summed E-state index contributed by atoms with van der Waals surface area (Å²) in [6.45, 7) is 0.579. The van der Waals surface area contributed by atoms with Gasteiger partial charge in [-0.3, -0.25) is 9.59 Å². The van der Waals surface area contributed by atoms with E-state index in [4.69, 9.17) is 4.74 Å². The number of aromatic amines is 1. The highest BCUT2D eigenvalue weighted by molar-refractivity contribution is 6.07. The molecule has 1 aliphatic heterocycles. The largest absolute Gasteiger partial charge is 0.497 e. The Bertz CT molecular complexity index is 721. The van der Waals surface area contributed by atoms with Gasteiger partial charge in [0.1, 0.15) is 11.3 Å². The fourth-order valence-electron chi connectivity index (χ4n) is 2.45. The van der Waals surface area contributed by atoms with E-state index in [1.807, 2.05) is 18.2 Å². The number of rotatable bonds is 2. The highest BCUT2D eigenvalue weighted by Gasteiger charge is 2.27. The van der Waals surface area contributed by atoms with Gasteiger partial charge in [-0.05, 0) is 42.3 Å². The van der Waals surface area contributed by atoms with E-state index in [0.717, 1.165) is 23.4 Å². The maximum Gasteiger partial charge on any atom is 0.263 e. The van der Waals surface area contributed by atoms with Gasteiger partial charge in [0.15, 0.2) is 0 Å². The number of nitrogens with one attached hydrogen (secondary N) is 1. The molecule has 20 heavy (non-hydrogen) atoms. The minimum Gasteiger partial charge on any atom is -0.497 e. The maximum absolute atomic E-state index is 12.5. The summed E-state index contributed by atoms with van der Waals surface area (Å²) in [4.78, 5) is 28.3. The molecule has 1 aliphatic rings. The lowest BCUT2D eigenvalue weighted by Crippen LogP contribution is -2.33. The molecule has 0 radical (unpaired) electrons. The smallest absolute Gasteiger partial charge is 0.263 e. The average Bonchev–Trinajstić information content (AvgIpc) is 2.90. The van der Waals surface area contributed by atoms with Crippen molar-refractivity contribution in [3.8, 4) is 5.75 Å². The summed E-state index contributed by atoms with van der Waals surface area (Å²) in [7, 11) is 1.61. The first-order valence-corrected chi connectivity index (χ1v) is 6.37. The lowest BCUT2D eigenvalue weighted by molar-refractivity contribution is 0.0988. The quantitative estimate of drug-likeness (QED) is 0.901. The van der Waals surface area contributed by atoms with Crippen molar-refractivity contribution in [1.82, 2.24) is 4.98 Å². The number of carbonyl (C=O) groups is 1. The Morgan fingerprint density at radius 3 is 2.95 bits per heavy atom. The van der Waals surface area contributed by atoms with Crippen LogP contribution in [0.25, 0.3) is 0 Å². The summed E-state index contributed by atoms with van der Waals surface area (Å²) in [5.74, 6) is 0.506. The summed E-state index contributed by atoms with van der Waals surface area (Å²) >= 11 is 0. The van der Waals surface area contributed by atoms with Crippen LogP contribution in [0.3, 0.4) is 0 Å². The molecule has 1 amide bonds. The van der Waals surface area contributed by atoms with Crippen LogP contribution in [0, 0.1) is 0 Å². The summed E-state index contributed by atoms with van der Waals surface area (Å²) in [5.41, 5.74) is 1.71. The van der Waals surface area contributed by atoms with E-state index < -0.39 is 0 Å². The lowest BCUT2D eigenvalue weighted by atomic mass is 10.1. The lowest BCUT2D eigenvalue weighted by Gasteiger charge is -2.17. The summed E-state index contributed by atoms with van der Waals surface area (Å²) in [5, 5.41) is 0.